The minimum atomic E-state index is -4.07. The summed E-state index contributed by atoms with van der Waals surface area (Å²) in [6.07, 6.45) is 0. The molecule has 9 heteroatoms. The van der Waals surface area contributed by atoms with Crippen molar-refractivity contribution in [3.8, 4) is 0 Å². The third-order valence-electron chi connectivity index (χ3n) is 3.47. The van der Waals surface area contributed by atoms with Crippen LogP contribution in [0.15, 0.2) is 41.3 Å². The van der Waals surface area contributed by atoms with Gasteiger partial charge in [-0.15, -0.1) is 0 Å². The lowest BCUT2D eigenvalue weighted by molar-refractivity contribution is 0.0599. The molecule has 0 radical (unpaired) electrons. The van der Waals surface area contributed by atoms with Gasteiger partial charge in [0, 0.05) is 0 Å². The highest BCUT2D eigenvalue weighted by molar-refractivity contribution is 7.92. The molecular formula is C17H16FNO6S. The van der Waals surface area contributed by atoms with Crippen molar-refractivity contribution >= 4 is 27.6 Å². The van der Waals surface area contributed by atoms with Crippen molar-refractivity contribution in [3.05, 3.63) is 58.9 Å². The van der Waals surface area contributed by atoms with Gasteiger partial charge in [-0.3, -0.25) is 4.72 Å². The van der Waals surface area contributed by atoms with Crippen molar-refractivity contribution in [3.63, 3.8) is 0 Å². The Morgan fingerprint density at radius 3 is 1.96 bits per heavy atom. The number of carbonyl (C=O) groups excluding carboxylic acids is 2. The Bertz CT molecular complexity index is 937. The molecule has 0 aliphatic carbocycles. The molecular weight excluding hydrogens is 365 g/mol. The minimum Gasteiger partial charge on any atom is -0.465 e. The Labute approximate surface area is 149 Å². The number of nitrogens with one attached hydrogen (secondary N) is 1. The van der Waals surface area contributed by atoms with Crippen molar-refractivity contribution in [2.45, 2.75) is 11.8 Å². The quantitative estimate of drug-likeness (QED) is 0.799. The van der Waals surface area contributed by atoms with Gasteiger partial charge in [0.15, 0.2) is 0 Å². The number of methoxy groups -OCH3 is 2. The minimum absolute atomic E-state index is 0.0385. The van der Waals surface area contributed by atoms with Gasteiger partial charge in [-0.2, -0.15) is 0 Å². The molecule has 0 aliphatic rings. The van der Waals surface area contributed by atoms with Crippen LogP contribution in [0.3, 0.4) is 0 Å². The average molecular weight is 381 g/mol. The fourth-order valence-electron chi connectivity index (χ4n) is 2.16. The van der Waals surface area contributed by atoms with Gasteiger partial charge in [0.2, 0.25) is 0 Å². The Morgan fingerprint density at radius 2 is 1.50 bits per heavy atom. The molecule has 0 saturated heterocycles. The van der Waals surface area contributed by atoms with Crippen molar-refractivity contribution < 1.29 is 31.9 Å². The zero-order valence-electron chi connectivity index (χ0n) is 14.2. The number of sulfonamides is 1. The average Bonchev–Trinajstić information content (AvgIpc) is 2.61. The lowest BCUT2D eigenvalue weighted by Crippen LogP contribution is -2.15. The SMILES string of the molecule is COC(=O)c1cc(NS(=O)(=O)c2ccc(F)c(C)c2)cc(C(=O)OC)c1. The van der Waals surface area contributed by atoms with Crippen LogP contribution in [0.25, 0.3) is 0 Å². The zero-order valence-corrected chi connectivity index (χ0v) is 15.0. The largest absolute Gasteiger partial charge is 0.465 e. The fourth-order valence-corrected chi connectivity index (χ4v) is 3.28. The van der Waals surface area contributed by atoms with Gasteiger partial charge in [0.25, 0.3) is 10.0 Å². The van der Waals surface area contributed by atoms with E-state index < -0.39 is 27.8 Å². The van der Waals surface area contributed by atoms with Crippen molar-refractivity contribution in [1.29, 1.82) is 0 Å². The van der Waals surface area contributed by atoms with Crippen LogP contribution < -0.4 is 4.72 Å². The molecule has 7 nitrogen and oxygen atoms in total. The molecule has 0 aliphatic heterocycles. The first-order valence-corrected chi connectivity index (χ1v) is 8.77. The van der Waals surface area contributed by atoms with Gasteiger partial charge in [-0.1, -0.05) is 0 Å². The predicted molar refractivity (Wildman–Crippen MR) is 91.1 cm³/mol. The van der Waals surface area contributed by atoms with E-state index in [1.165, 1.54) is 31.2 Å². The van der Waals surface area contributed by atoms with Gasteiger partial charge in [-0.25, -0.2) is 22.4 Å². The second kappa shape index (κ2) is 7.52. The van der Waals surface area contributed by atoms with E-state index in [9.17, 15) is 22.4 Å². The van der Waals surface area contributed by atoms with Crippen LogP contribution in [0.5, 0.6) is 0 Å². The summed E-state index contributed by atoms with van der Waals surface area (Å²) in [6.45, 7) is 1.43. The molecule has 1 N–H and O–H groups in total. The topological polar surface area (TPSA) is 98.8 Å². The van der Waals surface area contributed by atoms with E-state index >= 15 is 0 Å². The summed E-state index contributed by atoms with van der Waals surface area (Å²) in [5, 5.41) is 0. The van der Waals surface area contributed by atoms with Gasteiger partial charge in [0.05, 0.1) is 35.9 Å². The number of hydrogen-bond donors (Lipinski definition) is 1. The first-order valence-electron chi connectivity index (χ1n) is 7.28. The smallest absolute Gasteiger partial charge is 0.337 e. The van der Waals surface area contributed by atoms with Crippen LogP contribution in [0, 0.1) is 12.7 Å². The lowest BCUT2D eigenvalue weighted by atomic mass is 10.1. The van der Waals surface area contributed by atoms with E-state index in [1.807, 2.05) is 0 Å². The fraction of sp³-hybridized carbons (Fsp3) is 0.176. The highest BCUT2D eigenvalue weighted by atomic mass is 32.2. The molecule has 0 aromatic heterocycles. The van der Waals surface area contributed by atoms with E-state index in [0.29, 0.717) is 0 Å². The third-order valence-corrected chi connectivity index (χ3v) is 4.85. The van der Waals surface area contributed by atoms with Gasteiger partial charge < -0.3 is 9.47 Å². The van der Waals surface area contributed by atoms with Crippen molar-refractivity contribution in [1.82, 2.24) is 0 Å². The summed E-state index contributed by atoms with van der Waals surface area (Å²) >= 11 is 0. The maximum atomic E-state index is 13.4. The standard InChI is InChI=1S/C17H16FNO6S/c1-10-6-14(4-5-15(10)18)26(22,23)19-13-8-11(16(20)24-2)7-12(9-13)17(21)25-3/h4-9,19H,1-3H3. The summed E-state index contributed by atoms with van der Waals surface area (Å²) in [5.74, 6) is -2.05. The monoisotopic (exact) mass is 381 g/mol. The second-order valence-electron chi connectivity index (χ2n) is 5.30. The van der Waals surface area contributed by atoms with Gasteiger partial charge in [0.1, 0.15) is 5.82 Å². The van der Waals surface area contributed by atoms with Gasteiger partial charge >= 0.3 is 11.9 Å². The molecule has 0 fully saturated rings. The molecule has 2 rings (SSSR count). The Hall–Kier alpha value is -2.94. The molecule has 0 spiro atoms. The number of benzene rings is 2. The number of esters is 2. The number of carbonyl (C=O) groups is 2. The molecule has 2 aromatic rings. The van der Waals surface area contributed by atoms with Crippen LogP contribution in [0.1, 0.15) is 26.3 Å². The van der Waals surface area contributed by atoms with Crippen LogP contribution in [-0.4, -0.2) is 34.6 Å². The maximum Gasteiger partial charge on any atom is 0.337 e. The molecule has 138 valence electrons. The second-order valence-corrected chi connectivity index (χ2v) is 6.98. The molecule has 0 heterocycles. The predicted octanol–water partition coefficient (Wildman–Crippen LogP) is 2.51. The van der Waals surface area contributed by atoms with Gasteiger partial charge in [-0.05, 0) is 48.9 Å². The molecule has 0 atom stereocenters. The first-order chi connectivity index (χ1) is 12.2. The Balaban J connectivity index is 2.48. The number of hydrogen-bond acceptors (Lipinski definition) is 6. The Morgan fingerprint density at radius 1 is 0.962 bits per heavy atom. The summed E-state index contributed by atoms with van der Waals surface area (Å²) in [4.78, 5) is 23.3. The third kappa shape index (κ3) is 4.17. The summed E-state index contributed by atoms with van der Waals surface area (Å²) in [5.41, 5.74) is 0.0356. The van der Waals surface area contributed by atoms with Crippen LogP contribution in [0.2, 0.25) is 0 Å². The highest BCUT2D eigenvalue weighted by Crippen LogP contribution is 2.22. The van der Waals surface area contributed by atoms with Crippen molar-refractivity contribution in [2.75, 3.05) is 18.9 Å². The summed E-state index contributed by atoms with van der Waals surface area (Å²) < 4.78 is 49.8. The van der Waals surface area contributed by atoms with E-state index in [1.54, 1.807) is 0 Å². The van der Waals surface area contributed by atoms with E-state index in [-0.39, 0.29) is 27.3 Å². The molecule has 2 aromatic carbocycles. The number of anilines is 1. The van der Waals surface area contributed by atoms with E-state index in [0.717, 1.165) is 26.4 Å². The molecule has 0 saturated carbocycles. The van der Waals surface area contributed by atoms with E-state index in [2.05, 4.69) is 14.2 Å². The number of ether oxygens (including phenoxy) is 2. The maximum absolute atomic E-state index is 13.4. The highest BCUT2D eigenvalue weighted by Gasteiger charge is 2.19. The summed E-state index contributed by atoms with van der Waals surface area (Å²) in [7, 11) is -1.77. The lowest BCUT2D eigenvalue weighted by Gasteiger charge is -2.11. The molecule has 0 unspecified atom stereocenters. The van der Waals surface area contributed by atoms with Crippen LogP contribution >= 0.6 is 0 Å². The van der Waals surface area contributed by atoms with Crippen LogP contribution in [0.4, 0.5) is 10.1 Å². The summed E-state index contributed by atoms with van der Waals surface area (Å²) in [6, 6.07) is 6.96. The number of aryl methyl sites for hydroxylation is 1. The normalized spacial score (nSPS) is 10.9. The Kier molecular flexibility index (Phi) is 5.61. The molecule has 0 amide bonds. The first kappa shape index (κ1) is 19.4. The number of rotatable bonds is 5. The van der Waals surface area contributed by atoms with E-state index in [4.69, 9.17) is 0 Å². The van der Waals surface area contributed by atoms with Crippen LogP contribution in [-0.2, 0) is 19.5 Å². The molecule has 26 heavy (non-hydrogen) atoms. The van der Waals surface area contributed by atoms with Crippen molar-refractivity contribution in [2.24, 2.45) is 0 Å². The number of halogens is 1. The molecule has 0 bridgehead atoms. The zero-order chi connectivity index (χ0) is 19.5.